The maximum atomic E-state index is 5.56. The summed E-state index contributed by atoms with van der Waals surface area (Å²) >= 11 is 0. The first-order valence-electron chi connectivity index (χ1n) is 5.64. The Balaban J connectivity index is 2.21. The van der Waals surface area contributed by atoms with Crippen molar-refractivity contribution in [3.63, 3.8) is 0 Å². The number of hydrogen-bond acceptors (Lipinski definition) is 5. The zero-order chi connectivity index (χ0) is 12.3. The summed E-state index contributed by atoms with van der Waals surface area (Å²) in [6.45, 7) is 4.67. The average Bonchev–Trinajstić information content (AvgIpc) is 2.78. The van der Waals surface area contributed by atoms with E-state index in [4.69, 9.17) is 10.3 Å². The molecule has 0 saturated heterocycles. The largest absolute Gasteiger partial charge is 0.339 e. The van der Waals surface area contributed by atoms with Crippen LogP contribution < -0.4 is 5.73 Å². The molecule has 0 spiro atoms. The van der Waals surface area contributed by atoms with Crippen LogP contribution in [0.5, 0.6) is 0 Å². The molecule has 0 fully saturated rings. The Morgan fingerprint density at radius 3 is 3.00 bits per heavy atom. The Bertz CT molecular complexity index is 495. The fourth-order valence-corrected chi connectivity index (χ4v) is 1.53. The summed E-state index contributed by atoms with van der Waals surface area (Å²) in [6, 6.07) is 1.92. The third kappa shape index (κ3) is 2.68. The summed E-state index contributed by atoms with van der Waals surface area (Å²) in [7, 11) is 0. The van der Waals surface area contributed by atoms with Crippen LogP contribution in [0.4, 0.5) is 0 Å². The highest BCUT2D eigenvalue weighted by Gasteiger charge is 2.12. The fourth-order valence-electron chi connectivity index (χ4n) is 1.53. The van der Waals surface area contributed by atoms with Gasteiger partial charge in [0.1, 0.15) is 0 Å². The molecule has 0 aliphatic rings. The molecule has 1 atom stereocenters. The predicted octanol–water partition coefficient (Wildman–Crippen LogP) is 1.58. The lowest BCUT2D eigenvalue weighted by molar-refractivity contribution is 0.359. The SMILES string of the molecule is Cc1ccncc1-c1noc(CC(C)CN)n1. The van der Waals surface area contributed by atoms with Crippen molar-refractivity contribution < 1.29 is 4.52 Å². The van der Waals surface area contributed by atoms with Gasteiger partial charge in [0, 0.05) is 24.4 Å². The van der Waals surface area contributed by atoms with Crippen molar-refractivity contribution in [3.05, 3.63) is 29.9 Å². The van der Waals surface area contributed by atoms with E-state index in [0.717, 1.165) is 11.1 Å². The van der Waals surface area contributed by atoms with E-state index >= 15 is 0 Å². The lowest BCUT2D eigenvalue weighted by Crippen LogP contribution is -2.13. The van der Waals surface area contributed by atoms with Gasteiger partial charge >= 0.3 is 0 Å². The Morgan fingerprint density at radius 1 is 1.47 bits per heavy atom. The van der Waals surface area contributed by atoms with Gasteiger partial charge < -0.3 is 10.3 Å². The van der Waals surface area contributed by atoms with E-state index in [2.05, 4.69) is 22.0 Å². The highest BCUT2D eigenvalue weighted by molar-refractivity contribution is 5.57. The van der Waals surface area contributed by atoms with Crippen molar-refractivity contribution in [2.45, 2.75) is 20.3 Å². The second-order valence-electron chi connectivity index (χ2n) is 4.25. The fraction of sp³-hybridized carbons (Fsp3) is 0.417. The molecule has 17 heavy (non-hydrogen) atoms. The Kier molecular flexibility index (Phi) is 3.49. The molecule has 2 rings (SSSR count). The number of aryl methyl sites for hydroxylation is 1. The quantitative estimate of drug-likeness (QED) is 0.865. The highest BCUT2D eigenvalue weighted by atomic mass is 16.5. The maximum absolute atomic E-state index is 5.56. The van der Waals surface area contributed by atoms with E-state index in [1.54, 1.807) is 12.4 Å². The topological polar surface area (TPSA) is 77.8 Å². The Morgan fingerprint density at radius 2 is 2.29 bits per heavy atom. The molecule has 0 amide bonds. The molecule has 2 aromatic rings. The maximum Gasteiger partial charge on any atom is 0.227 e. The van der Waals surface area contributed by atoms with Gasteiger partial charge in [-0.05, 0) is 31.0 Å². The second-order valence-corrected chi connectivity index (χ2v) is 4.25. The molecule has 0 saturated carbocycles. The average molecular weight is 232 g/mol. The van der Waals surface area contributed by atoms with Crippen molar-refractivity contribution in [1.29, 1.82) is 0 Å². The highest BCUT2D eigenvalue weighted by Crippen LogP contribution is 2.19. The van der Waals surface area contributed by atoms with Crippen LogP contribution in [0.15, 0.2) is 23.0 Å². The summed E-state index contributed by atoms with van der Waals surface area (Å²) in [6.07, 6.45) is 4.20. The van der Waals surface area contributed by atoms with Gasteiger partial charge in [-0.1, -0.05) is 12.1 Å². The number of rotatable bonds is 4. The summed E-state index contributed by atoms with van der Waals surface area (Å²) < 4.78 is 5.20. The molecule has 0 radical (unpaired) electrons. The van der Waals surface area contributed by atoms with Crippen LogP contribution in [-0.4, -0.2) is 21.7 Å². The standard InChI is InChI=1S/C12H16N4O/c1-8(6-13)5-11-15-12(16-17-11)10-7-14-4-3-9(10)2/h3-4,7-8H,5-6,13H2,1-2H3. The number of pyridine rings is 1. The van der Waals surface area contributed by atoms with Crippen molar-refractivity contribution in [1.82, 2.24) is 15.1 Å². The van der Waals surface area contributed by atoms with E-state index < -0.39 is 0 Å². The lowest BCUT2D eigenvalue weighted by atomic mass is 10.1. The molecule has 2 N–H and O–H groups in total. The van der Waals surface area contributed by atoms with Gasteiger partial charge in [-0.2, -0.15) is 4.98 Å². The minimum absolute atomic E-state index is 0.346. The van der Waals surface area contributed by atoms with Crippen molar-refractivity contribution in [3.8, 4) is 11.4 Å². The van der Waals surface area contributed by atoms with Crippen LogP contribution in [-0.2, 0) is 6.42 Å². The zero-order valence-corrected chi connectivity index (χ0v) is 10.1. The normalized spacial score (nSPS) is 12.6. The molecular formula is C12H16N4O. The van der Waals surface area contributed by atoms with E-state index in [1.165, 1.54) is 0 Å². The zero-order valence-electron chi connectivity index (χ0n) is 10.1. The van der Waals surface area contributed by atoms with Gasteiger partial charge in [0.2, 0.25) is 11.7 Å². The molecular weight excluding hydrogens is 216 g/mol. The van der Waals surface area contributed by atoms with E-state index in [0.29, 0.717) is 30.6 Å². The first kappa shape index (κ1) is 11.7. The molecule has 0 aliphatic heterocycles. The third-order valence-electron chi connectivity index (χ3n) is 2.67. The van der Waals surface area contributed by atoms with E-state index in [-0.39, 0.29) is 0 Å². The molecule has 0 aromatic carbocycles. The molecule has 1 unspecified atom stereocenters. The van der Waals surface area contributed by atoms with Crippen LogP contribution in [0.25, 0.3) is 11.4 Å². The van der Waals surface area contributed by atoms with Gasteiger partial charge in [0.05, 0.1) is 0 Å². The molecule has 2 heterocycles. The van der Waals surface area contributed by atoms with Crippen LogP contribution in [0.3, 0.4) is 0 Å². The van der Waals surface area contributed by atoms with Gasteiger partial charge in [0.15, 0.2) is 0 Å². The van der Waals surface area contributed by atoms with Gasteiger partial charge in [-0.25, -0.2) is 0 Å². The smallest absolute Gasteiger partial charge is 0.227 e. The summed E-state index contributed by atoms with van der Waals surface area (Å²) in [5.41, 5.74) is 7.55. The summed E-state index contributed by atoms with van der Waals surface area (Å²) in [5.74, 6) is 1.56. The number of hydrogen-bond donors (Lipinski definition) is 1. The lowest BCUT2D eigenvalue weighted by Gasteiger charge is -2.02. The van der Waals surface area contributed by atoms with Gasteiger partial charge in [-0.3, -0.25) is 4.98 Å². The molecule has 5 heteroatoms. The molecule has 90 valence electrons. The Hall–Kier alpha value is -1.75. The summed E-state index contributed by atoms with van der Waals surface area (Å²) in [4.78, 5) is 8.42. The number of nitrogens with two attached hydrogens (primary N) is 1. The van der Waals surface area contributed by atoms with Crippen molar-refractivity contribution in [2.24, 2.45) is 11.7 Å². The number of aromatic nitrogens is 3. The third-order valence-corrected chi connectivity index (χ3v) is 2.67. The molecule has 2 aromatic heterocycles. The number of nitrogens with zero attached hydrogens (tertiary/aromatic N) is 3. The Labute approximate surface area is 100 Å². The first-order chi connectivity index (χ1) is 8.20. The second kappa shape index (κ2) is 5.05. The van der Waals surface area contributed by atoms with Crippen molar-refractivity contribution >= 4 is 0 Å². The first-order valence-corrected chi connectivity index (χ1v) is 5.64. The van der Waals surface area contributed by atoms with Crippen LogP contribution in [0.2, 0.25) is 0 Å². The van der Waals surface area contributed by atoms with Crippen LogP contribution in [0.1, 0.15) is 18.4 Å². The molecule has 5 nitrogen and oxygen atoms in total. The van der Waals surface area contributed by atoms with E-state index in [9.17, 15) is 0 Å². The summed E-state index contributed by atoms with van der Waals surface area (Å²) in [5, 5.41) is 3.97. The monoisotopic (exact) mass is 232 g/mol. The molecule has 0 aliphatic carbocycles. The predicted molar refractivity (Wildman–Crippen MR) is 64.2 cm³/mol. The van der Waals surface area contributed by atoms with Crippen LogP contribution >= 0.6 is 0 Å². The van der Waals surface area contributed by atoms with Gasteiger partial charge in [-0.15, -0.1) is 0 Å². The van der Waals surface area contributed by atoms with Crippen molar-refractivity contribution in [2.75, 3.05) is 6.54 Å². The van der Waals surface area contributed by atoms with E-state index in [1.807, 2.05) is 13.0 Å². The minimum Gasteiger partial charge on any atom is -0.339 e. The minimum atomic E-state index is 0.346. The van der Waals surface area contributed by atoms with Crippen LogP contribution in [0, 0.1) is 12.8 Å². The molecule has 0 bridgehead atoms. The van der Waals surface area contributed by atoms with Gasteiger partial charge in [0.25, 0.3) is 0 Å².